The molecule has 0 unspecified atom stereocenters. The van der Waals surface area contributed by atoms with Crippen LogP contribution in [0.4, 0.5) is 5.82 Å². The van der Waals surface area contributed by atoms with E-state index in [4.69, 9.17) is 10.8 Å². The Balaban J connectivity index is 2.63. The quantitative estimate of drug-likeness (QED) is 0.698. The van der Waals surface area contributed by atoms with Crippen LogP contribution < -0.4 is 5.73 Å². The minimum Gasteiger partial charge on any atom is -0.476 e. The molecule has 0 fully saturated rings. The van der Waals surface area contributed by atoms with Crippen LogP contribution in [0.2, 0.25) is 0 Å². The van der Waals surface area contributed by atoms with E-state index in [1.54, 1.807) is 4.68 Å². The summed E-state index contributed by atoms with van der Waals surface area (Å²) in [5, 5.41) is 12.5. The molecule has 0 saturated heterocycles. The van der Waals surface area contributed by atoms with Crippen molar-refractivity contribution >= 4 is 11.8 Å². The zero-order chi connectivity index (χ0) is 10.6. The molecule has 14 heavy (non-hydrogen) atoms. The highest BCUT2D eigenvalue weighted by atomic mass is 16.4. The minimum absolute atomic E-state index is 0.0130. The lowest BCUT2D eigenvalue weighted by Gasteiger charge is -2.01. The molecule has 1 aromatic rings. The summed E-state index contributed by atoms with van der Waals surface area (Å²) in [5.74, 6) is -0.621. The van der Waals surface area contributed by atoms with Gasteiger partial charge >= 0.3 is 5.97 Å². The first-order valence-corrected chi connectivity index (χ1v) is 4.71. The fraction of sp³-hybridized carbons (Fsp3) is 0.556. The van der Waals surface area contributed by atoms with Crippen LogP contribution >= 0.6 is 0 Å². The maximum Gasteiger partial charge on any atom is 0.356 e. The van der Waals surface area contributed by atoms with E-state index in [1.807, 2.05) is 0 Å². The van der Waals surface area contributed by atoms with E-state index in [0.29, 0.717) is 12.4 Å². The van der Waals surface area contributed by atoms with Gasteiger partial charge in [-0.05, 0) is 6.42 Å². The summed E-state index contributed by atoms with van der Waals surface area (Å²) in [5.41, 5.74) is 5.61. The van der Waals surface area contributed by atoms with Gasteiger partial charge in [0.2, 0.25) is 0 Å². The summed E-state index contributed by atoms with van der Waals surface area (Å²) >= 11 is 0. The average molecular weight is 197 g/mol. The number of carboxylic acids is 1. The Morgan fingerprint density at radius 3 is 2.86 bits per heavy atom. The monoisotopic (exact) mass is 197 g/mol. The van der Waals surface area contributed by atoms with Crippen molar-refractivity contribution in [2.75, 3.05) is 5.73 Å². The van der Waals surface area contributed by atoms with Crippen LogP contribution in [0.15, 0.2) is 6.07 Å². The van der Waals surface area contributed by atoms with Crippen molar-refractivity contribution in [2.24, 2.45) is 0 Å². The number of nitrogens with zero attached hydrogens (tertiary/aromatic N) is 2. The number of hydrogen-bond acceptors (Lipinski definition) is 3. The lowest BCUT2D eigenvalue weighted by molar-refractivity contribution is 0.0689. The third-order valence-electron chi connectivity index (χ3n) is 2.00. The van der Waals surface area contributed by atoms with E-state index in [2.05, 4.69) is 12.0 Å². The van der Waals surface area contributed by atoms with Crippen molar-refractivity contribution in [3.63, 3.8) is 0 Å². The fourth-order valence-electron chi connectivity index (χ4n) is 1.23. The fourth-order valence-corrected chi connectivity index (χ4v) is 1.23. The summed E-state index contributed by atoms with van der Waals surface area (Å²) in [7, 11) is 0. The molecule has 0 aliphatic rings. The molecule has 1 heterocycles. The minimum atomic E-state index is -1.04. The molecule has 0 spiro atoms. The Hall–Kier alpha value is -1.52. The maximum absolute atomic E-state index is 10.6. The second-order valence-electron chi connectivity index (χ2n) is 3.19. The van der Waals surface area contributed by atoms with E-state index in [-0.39, 0.29) is 5.69 Å². The molecule has 1 aromatic heterocycles. The molecular formula is C9H15N3O2. The highest BCUT2D eigenvalue weighted by Gasteiger charge is 2.10. The van der Waals surface area contributed by atoms with Crippen molar-refractivity contribution in [1.29, 1.82) is 0 Å². The molecule has 78 valence electrons. The first-order chi connectivity index (χ1) is 6.65. The van der Waals surface area contributed by atoms with Crippen LogP contribution in [-0.4, -0.2) is 20.9 Å². The van der Waals surface area contributed by atoms with E-state index >= 15 is 0 Å². The number of carboxylic acid groups (broad SMARTS) is 1. The summed E-state index contributed by atoms with van der Waals surface area (Å²) in [6.45, 7) is 2.79. The van der Waals surface area contributed by atoms with Crippen LogP contribution in [0.25, 0.3) is 0 Å². The van der Waals surface area contributed by atoms with E-state index in [9.17, 15) is 4.79 Å². The molecule has 0 aromatic carbocycles. The van der Waals surface area contributed by atoms with Crippen molar-refractivity contribution < 1.29 is 9.90 Å². The number of hydrogen-bond donors (Lipinski definition) is 2. The molecule has 0 bridgehead atoms. The normalized spacial score (nSPS) is 10.4. The Labute approximate surface area is 82.5 Å². The van der Waals surface area contributed by atoms with Gasteiger partial charge in [0.25, 0.3) is 0 Å². The zero-order valence-electron chi connectivity index (χ0n) is 8.23. The van der Waals surface area contributed by atoms with Gasteiger partial charge in [0.15, 0.2) is 5.69 Å². The Morgan fingerprint density at radius 1 is 1.64 bits per heavy atom. The SMILES string of the molecule is CCCCCn1nc(C(=O)O)cc1N. The van der Waals surface area contributed by atoms with Crippen molar-refractivity contribution in [3.8, 4) is 0 Å². The third kappa shape index (κ3) is 2.48. The van der Waals surface area contributed by atoms with Crippen molar-refractivity contribution in [3.05, 3.63) is 11.8 Å². The average Bonchev–Trinajstić information content (AvgIpc) is 2.49. The second-order valence-corrected chi connectivity index (χ2v) is 3.19. The summed E-state index contributed by atoms with van der Waals surface area (Å²) in [6.07, 6.45) is 3.19. The highest BCUT2D eigenvalue weighted by Crippen LogP contribution is 2.08. The summed E-state index contributed by atoms with van der Waals surface area (Å²) in [6, 6.07) is 1.38. The summed E-state index contributed by atoms with van der Waals surface area (Å²) < 4.78 is 1.54. The smallest absolute Gasteiger partial charge is 0.356 e. The number of carbonyl (C=O) groups is 1. The number of unbranched alkanes of at least 4 members (excludes halogenated alkanes) is 2. The molecule has 0 aliphatic carbocycles. The number of nitrogen functional groups attached to an aromatic ring is 1. The number of anilines is 1. The standard InChI is InChI=1S/C9H15N3O2/c1-2-3-4-5-12-8(10)6-7(11-12)9(13)14/h6H,2-5,10H2,1H3,(H,13,14). The first-order valence-electron chi connectivity index (χ1n) is 4.71. The predicted octanol–water partition coefficient (Wildman–Crippen LogP) is 1.35. The van der Waals surface area contributed by atoms with Gasteiger partial charge in [-0.2, -0.15) is 5.10 Å². The molecular weight excluding hydrogens is 182 g/mol. The number of aromatic nitrogens is 2. The van der Waals surface area contributed by atoms with E-state index < -0.39 is 5.97 Å². The molecule has 5 nitrogen and oxygen atoms in total. The second kappa shape index (κ2) is 4.64. The van der Waals surface area contributed by atoms with E-state index in [1.165, 1.54) is 6.07 Å². The van der Waals surface area contributed by atoms with Crippen LogP contribution in [0.1, 0.15) is 36.7 Å². The number of nitrogens with two attached hydrogens (primary N) is 1. The lowest BCUT2D eigenvalue weighted by atomic mass is 10.2. The van der Waals surface area contributed by atoms with Crippen LogP contribution in [-0.2, 0) is 6.54 Å². The Kier molecular flexibility index (Phi) is 3.50. The molecule has 0 amide bonds. The Bertz CT molecular complexity index is 320. The van der Waals surface area contributed by atoms with Crippen LogP contribution in [0, 0.1) is 0 Å². The van der Waals surface area contributed by atoms with Gasteiger partial charge in [0, 0.05) is 12.6 Å². The van der Waals surface area contributed by atoms with Crippen LogP contribution in [0.3, 0.4) is 0 Å². The van der Waals surface area contributed by atoms with Gasteiger partial charge in [0.1, 0.15) is 5.82 Å². The van der Waals surface area contributed by atoms with Gasteiger partial charge in [-0.25, -0.2) is 9.48 Å². The Morgan fingerprint density at radius 2 is 2.36 bits per heavy atom. The van der Waals surface area contributed by atoms with Gasteiger partial charge in [-0.3, -0.25) is 0 Å². The maximum atomic E-state index is 10.6. The van der Waals surface area contributed by atoms with Gasteiger partial charge in [-0.15, -0.1) is 0 Å². The molecule has 0 aliphatic heterocycles. The highest BCUT2D eigenvalue weighted by molar-refractivity contribution is 5.86. The predicted molar refractivity (Wildman–Crippen MR) is 53.1 cm³/mol. The largest absolute Gasteiger partial charge is 0.476 e. The van der Waals surface area contributed by atoms with Gasteiger partial charge in [-0.1, -0.05) is 19.8 Å². The molecule has 0 radical (unpaired) electrons. The van der Waals surface area contributed by atoms with Crippen molar-refractivity contribution in [1.82, 2.24) is 9.78 Å². The summed E-state index contributed by atoms with van der Waals surface area (Å²) in [4.78, 5) is 10.6. The zero-order valence-corrected chi connectivity index (χ0v) is 8.23. The molecule has 0 atom stereocenters. The topological polar surface area (TPSA) is 81.1 Å². The number of aryl methyl sites for hydroxylation is 1. The molecule has 5 heteroatoms. The third-order valence-corrected chi connectivity index (χ3v) is 2.00. The number of aromatic carboxylic acids is 1. The number of rotatable bonds is 5. The molecule has 0 saturated carbocycles. The van der Waals surface area contributed by atoms with Crippen LogP contribution in [0.5, 0.6) is 0 Å². The molecule has 3 N–H and O–H groups in total. The first kappa shape index (κ1) is 10.6. The van der Waals surface area contributed by atoms with Gasteiger partial charge in [0.05, 0.1) is 0 Å². The van der Waals surface area contributed by atoms with Gasteiger partial charge < -0.3 is 10.8 Å². The lowest BCUT2D eigenvalue weighted by Crippen LogP contribution is -2.06. The van der Waals surface area contributed by atoms with Crippen molar-refractivity contribution in [2.45, 2.75) is 32.7 Å². The molecule has 1 rings (SSSR count). The van der Waals surface area contributed by atoms with E-state index in [0.717, 1.165) is 19.3 Å².